The van der Waals surface area contributed by atoms with Gasteiger partial charge in [-0.1, -0.05) is 0 Å². The first kappa shape index (κ1) is 11.9. The van der Waals surface area contributed by atoms with E-state index in [1.165, 1.54) is 17.7 Å². The molecule has 0 bridgehead atoms. The van der Waals surface area contributed by atoms with Crippen LogP contribution in [0.3, 0.4) is 0 Å². The second-order valence-electron chi connectivity index (χ2n) is 4.29. The molecule has 0 fully saturated rings. The van der Waals surface area contributed by atoms with E-state index in [-0.39, 0.29) is 5.91 Å². The van der Waals surface area contributed by atoms with Crippen molar-refractivity contribution in [3.8, 4) is 0 Å². The summed E-state index contributed by atoms with van der Waals surface area (Å²) in [6, 6.07) is 1.77. The SMILES string of the molecule is O=C(Nc1cnn2cccnc12)c1csc2cncnc12. The van der Waals surface area contributed by atoms with Crippen molar-refractivity contribution in [1.29, 1.82) is 0 Å². The van der Waals surface area contributed by atoms with Crippen molar-refractivity contribution >= 4 is 38.8 Å². The van der Waals surface area contributed by atoms with E-state index in [4.69, 9.17) is 0 Å². The molecule has 0 spiro atoms. The maximum atomic E-state index is 12.4. The van der Waals surface area contributed by atoms with Crippen molar-refractivity contribution in [3.63, 3.8) is 0 Å². The average molecular weight is 296 g/mol. The van der Waals surface area contributed by atoms with Gasteiger partial charge in [-0.3, -0.25) is 4.79 Å². The largest absolute Gasteiger partial charge is 0.317 e. The van der Waals surface area contributed by atoms with Gasteiger partial charge in [0.2, 0.25) is 0 Å². The lowest BCUT2D eigenvalue weighted by Gasteiger charge is -2.01. The van der Waals surface area contributed by atoms with Gasteiger partial charge in [-0.15, -0.1) is 11.3 Å². The molecule has 4 aromatic heterocycles. The Morgan fingerprint density at radius 1 is 1.29 bits per heavy atom. The number of thiophene rings is 1. The number of carbonyl (C=O) groups excluding carboxylic acids is 1. The van der Waals surface area contributed by atoms with Crippen LogP contribution in [0.15, 0.2) is 42.6 Å². The summed E-state index contributed by atoms with van der Waals surface area (Å²) in [5.41, 5.74) is 2.33. The molecule has 1 N–H and O–H groups in total. The lowest BCUT2D eigenvalue weighted by atomic mass is 10.2. The van der Waals surface area contributed by atoms with E-state index >= 15 is 0 Å². The molecule has 21 heavy (non-hydrogen) atoms. The summed E-state index contributed by atoms with van der Waals surface area (Å²) >= 11 is 1.44. The Kier molecular flexibility index (Phi) is 2.61. The molecule has 4 heterocycles. The highest BCUT2D eigenvalue weighted by atomic mass is 32.1. The molecular formula is C13H8N6OS. The Morgan fingerprint density at radius 2 is 2.24 bits per heavy atom. The molecule has 8 heteroatoms. The molecule has 102 valence electrons. The fourth-order valence-electron chi connectivity index (χ4n) is 2.05. The Labute approximate surface area is 122 Å². The molecule has 0 aliphatic rings. The minimum Gasteiger partial charge on any atom is -0.317 e. The number of nitrogens with zero attached hydrogens (tertiary/aromatic N) is 5. The highest BCUT2D eigenvalue weighted by Crippen LogP contribution is 2.24. The van der Waals surface area contributed by atoms with Crippen LogP contribution in [-0.2, 0) is 0 Å². The number of nitrogens with one attached hydrogen (secondary N) is 1. The van der Waals surface area contributed by atoms with Gasteiger partial charge in [0.1, 0.15) is 12.0 Å². The molecular weight excluding hydrogens is 288 g/mol. The topological polar surface area (TPSA) is 85.1 Å². The molecule has 0 unspecified atom stereocenters. The number of hydrogen-bond donors (Lipinski definition) is 1. The summed E-state index contributed by atoms with van der Waals surface area (Å²) in [5.74, 6) is -0.236. The number of amides is 1. The van der Waals surface area contributed by atoms with Crippen molar-refractivity contribution in [2.24, 2.45) is 0 Å². The molecule has 0 atom stereocenters. The molecule has 0 saturated heterocycles. The molecule has 4 aromatic rings. The van der Waals surface area contributed by atoms with Crippen molar-refractivity contribution in [2.75, 3.05) is 5.32 Å². The maximum absolute atomic E-state index is 12.4. The van der Waals surface area contributed by atoms with E-state index in [0.29, 0.717) is 22.4 Å². The van der Waals surface area contributed by atoms with Crippen LogP contribution in [0.2, 0.25) is 0 Å². The van der Waals surface area contributed by atoms with Crippen molar-refractivity contribution < 1.29 is 4.79 Å². The first-order chi connectivity index (χ1) is 10.3. The van der Waals surface area contributed by atoms with Gasteiger partial charge in [-0.25, -0.2) is 19.5 Å². The van der Waals surface area contributed by atoms with E-state index < -0.39 is 0 Å². The van der Waals surface area contributed by atoms with Crippen molar-refractivity contribution in [3.05, 3.63) is 48.1 Å². The minimum absolute atomic E-state index is 0.236. The van der Waals surface area contributed by atoms with Crippen LogP contribution in [0, 0.1) is 0 Å². The second kappa shape index (κ2) is 4.60. The molecule has 7 nitrogen and oxygen atoms in total. The third-order valence-corrected chi connectivity index (χ3v) is 3.92. The van der Waals surface area contributed by atoms with Crippen LogP contribution < -0.4 is 5.32 Å². The summed E-state index contributed by atoms with van der Waals surface area (Å²) in [4.78, 5) is 24.7. The highest BCUT2D eigenvalue weighted by molar-refractivity contribution is 7.17. The van der Waals surface area contributed by atoms with Gasteiger partial charge in [0, 0.05) is 24.0 Å². The summed E-state index contributed by atoms with van der Waals surface area (Å²) < 4.78 is 2.48. The zero-order valence-electron chi connectivity index (χ0n) is 10.6. The van der Waals surface area contributed by atoms with Gasteiger partial charge >= 0.3 is 0 Å². The second-order valence-corrected chi connectivity index (χ2v) is 5.20. The first-order valence-electron chi connectivity index (χ1n) is 6.10. The third-order valence-electron chi connectivity index (χ3n) is 3.01. The predicted molar refractivity (Wildman–Crippen MR) is 78.4 cm³/mol. The van der Waals surface area contributed by atoms with Crippen LogP contribution in [0.5, 0.6) is 0 Å². The Bertz CT molecular complexity index is 959. The summed E-state index contributed by atoms with van der Waals surface area (Å²) in [6.45, 7) is 0. The van der Waals surface area contributed by atoms with E-state index in [0.717, 1.165) is 4.70 Å². The molecule has 1 amide bonds. The standard InChI is InChI=1S/C13H8N6OS/c20-13(8-6-21-10-5-14-7-16-11(8)10)18-9-4-17-19-3-1-2-15-12(9)19/h1-7H,(H,18,20). The van der Waals surface area contributed by atoms with Crippen molar-refractivity contribution in [2.45, 2.75) is 0 Å². The number of carbonyl (C=O) groups is 1. The molecule has 0 saturated carbocycles. The van der Waals surface area contributed by atoms with Crippen LogP contribution in [0.4, 0.5) is 5.69 Å². The normalized spacial score (nSPS) is 11.0. The summed E-state index contributed by atoms with van der Waals surface area (Å²) in [5, 5.41) is 8.72. The Hall–Kier alpha value is -2.87. The Balaban J connectivity index is 1.72. The molecule has 0 aliphatic carbocycles. The number of anilines is 1. The van der Waals surface area contributed by atoms with E-state index in [1.54, 1.807) is 40.7 Å². The monoisotopic (exact) mass is 296 g/mol. The maximum Gasteiger partial charge on any atom is 0.258 e. The molecule has 0 radical (unpaired) electrons. The average Bonchev–Trinajstić information content (AvgIpc) is 3.12. The number of fused-ring (bicyclic) bond motifs is 2. The highest BCUT2D eigenvalue weighted by Gasteiger charge is 2.15. The summed E-state index contributed by atoms with van der Waals surface area (Å²) in [6.07, 6.45) is 8.12. The molecule has 4 rings (SSSR count). The zero-order valence-corrected chi connectivity index (χ0v) is 11.4. The predicted octanol–water partition coefficient (Wildman–Crippen LogP) is 1.99. The molecule has 0 aliphatic heterocycles. The number of aromatic nitrogens is 5. The van der Waals surface area contributed by atoms with E-state index in [1.807, 2.05) is 0 Å². The van der Waals surface area contributed by atoms with E-state index in [2.05, 4.69) is 25.4 Å². The zero-order chi connectivity index (χ0) is 14.2. The first-order valence-corrected chi connectivity index (χ1v) is 6.98. The van der Waals surface area contributed by atoms with Gasteiger partial charge < -0.3 is 5.32 Å². The lowest BCUT2D eigenvalue weighted by molar-refractivity contribution is 0.102. The van der Waals surface area contributed by atoms with Gasteiger partial charge in [0.05, 0.1) is 22.0 Å². The van der Waals surface area contributed by atoms with Crippen LogP contribution in [0.1, 0.15) is 10.4 Å². The minimum atomic E-state index is -0.236. The lowest BCUT2D eigenvalue weighted by Crippen LogP contribution is -2.11. The van der Waals surface area contributed by atoms with Crippen molar-refractivity contribution in [1.82, 2.24) is 24.6 Å². The van der Waals surface area contributed by atoms with Crippen LogP contribution in [-0.4, -0.2) is 30.5 Å². The third kappa shape index (κ3) is 1.93. The van der Waals surface area contributed by atoms with Gasteiger partial charge in [0.25, 0.3) is 5.91 Å². The molecule has 0 aromatic carbocycles. The van der Waals surface area contributed by atoms with Gasteiger partial charge in [-0.2, -0.15) is 5.10 Å². The number of rotatable bonds is 2. The van der Waals surface area contributed by atoms with E-state index in [9.17, 15) is 4.79 Å². The van der Waals surface area contributed by atoms with Gasteiger partial charge in [-0.05, 0) is 6.07 Å². The summed E-state index contributed by atoms with van der Waals surface area (Å²) in [7, 11) is 0. The smallest absolute Gasteiger partial charge is 0.258 e. The van der Waals surface area contributed by atoms with Gasteiger partial charge in [0.15, 0.2) is 5.65 Å². The number of hydrogen-bond acceptors (Lipinski definition) is 6. The van der Waals surface area contributed by atoms with Crippen LogP contribution >= 0.6 is 11.3 Å². The van der Waals surface area contributed by atoms with Crippen LogP contribution in [0.25, 0.3) is 15.9 Å². The quantitative estimate of drug-likeness (QED) is 0.611. The fraction of sp³-hybridized carbons (Fsp3) is 0. The Morgan fingerprint density at radius 3 is 3.19 bits per heavy atom. The fourth-order valence-corrected chi connectivity index (χ4v) is 2.91.